The summed E-state index contributed by atoms with van der Waals surface area (Å²) >= 11 is 0. The molecule has 2 heterocycles. The van der Waals surface area contributed by atoms with E-state index in [9.17, 15) is 13.2 Å². The van der Waals surface area contributed by atoms with Crippen LogP contribution in [0, 0.1) is 5.92 Å². The Morgan fingerprint density at radius 2 is 1.64 bits per heavy atom. The fourth-order valence-electron chi connectivity index (χ4n) is 4.57. The van der Waals surface area contributed by atoms with Crippen molar-refractivity contribution >= 4 is 15.9 Å². The van der Waals surface area contributed by atoms with Gasteiger partial charge in [-0.05, 0) is 74.2 Å². The lowest BCUT2D eigenvalue weighted by Gasteiger charge is -2.31. The number of amides is 1. The van der Waals surface area contributed by atoms with Crippen LogP contribution in [0.3, 0.4) is 0 Å². The molecule has 0 aliphatic carbocycles. The molecule has 33 heavy (non-hydrogen) atoms. The predicted molar refractivity (Wildman–Crippen MR) is 127 cm³/mol. The number of ether oxygens (including phenoxy) is 1. The summed E-state index contributed by atoms with van der Waals surface area (Å²) in [5.41, 5.74) is 2.34. The third kappa shape index (κ3) is 5.93. The second-order valence-corrected chi connectivity index (χ2v) is 10.8. The molecule has 1 N–H and O–H groups in total. The fraction of sp³-hybridized carbons (Fsp3) is 0.480. The number of benzene rings is 2. The van der Waals surface area contributed by atoms with Crippen molar-refractivity contribution < 1.29 is 17.9 Å². The van der Waals surface area contributed by atoms with Crippen LogP contribution in [-0.4, -0.2) is 56.8 Å². The normalized spacial score (nSPS) is 20.0. The number of carbonyl (C=O) groups excluding carboxylic acids is 1. The maximum absolute atomic E-state index is 13.0. The first-order chi connectivity index (χ1) is 16.0. The predicted octanol–water partition coefficient (Wildman–Crippen LogP) is 3.01. The maximum Gasteiger partial charge on any atom is 0.243 e. The Morgan fingerprint density at radius 1 is 0.970 bits per heavy atom. The number of rotatable bonds is 8. The van der Waals surface area contributed by atoms with Gasteiger partial charge >= 0.3 is 0 Å². The van der Waals surface area contributed by atoms with Crippen molar-refractivity contribution in [2.75, 3.05) is 33.3 Å². The summed E-state index contributed by atoms with van der Waals surface area (Å²) in [6, 6.07) is 14.7. The van der Waals surface area contributed by atoms with E-state index >= 15 is 0 Å². The summed E-state index contributed by atoms with van der Waals surface area (Å²) < 4.78 is 32.6. The number of likely N-dealkylation sites (tertiary alicyclic amines) is 1. The van der Waals surface area contributed by atoms with Crippen molar-refractivity contribution in [2.24, 2.45) is 5.92 Å². The first-order valence-electron chi connectivity index (χ1n) is 11.7. The Hall–Kier alpha value is -2.42. The summed E-state index contributed by atoms with van der Waals surface area (Å²) in [5, 5.41) is 3.00. The average Bonchev–Trinajstić information content (AvgIpc) is 3.36. The lowest BCUT2D eigenvalue weighted by atomic mass is 9.98. The summed E-state index contributed by atoms with van der Waals surface area (Å²) in [5.74, 6) is 0.168. The van der Waals surface area contributed by atoms with Crippen molar-refractivity contribution in [1.82, 2.24) is 14.5 Å². The van der Waals surface area contributed by atoms with Crippen LogP contribution in [0.1, 0.15) is 36.8 Å². The van der Waals surface area contributed by atoms with E-state index in [4.69, 9.17) is 4.74 Å². The Bertz CT molecular complexity index is 1030. The molecular formula is C25H33N3O4S. The summed E-state index contributed by atoms with van der Waals surface area (Å²) in [4.78, 5) is 15.5. The van der Waals surface area contributed by atoms with Crippen molar-refractivity contribution in [2.45, 2.75) is 43.7 Å². The van der Waals surface area contributed by atoms with E-state index in [1.807, 2.05) is 0 Å². The molecule has 1 atom stereocenters. The molecular weight excluding hydrogens is 438 g/mol. The molecule has 178 valence electrons. The number of methoxy groups -OCH3 is 1. The van der Waals surface area contributed by atoms with Crippen LogP contribution in [0.2, 0.25) is 0 Å². The molecule has 2 saturated heterocycles. The molecule has 0 radical (unpaired) electrons. The van der Waals surface area contributed by atoms with Gasteiger partial charge in [0.1, 0.15) is 5.75 Å². The minimum Gasteiger partial charge on any atom is -0.497 e. The van der Waals surface area contributed by atoms with Gasteiger partial charge in [0.25, 0.3) is 0 Å². The highest BCUT2D eigenvalue weighted by Crippen LogP contribution is 2.25. The zero-order valence-corrected chi connectivity index (χ0v) is 20.0. The quantitative estimate of drug-likeness (QED) is 0.640. The summed E-state index contributed by atoms with van der Waals surface area (Å²) in [6.07, 6.45) is 3.92. The SMILES string of the molecule is COc1ccc(S(=O)(=O)N2CCCC(C(=O)NCc3ccc(CN4CCCC4)cc3)C2)cc1. The molecule has 0 spiro atoms. The van der Waals surface area contributed by atoms with Crippen LogP contribution in [0.25, 0.3) is 0 Å². The minimum absolute atomic E-state index is 0.0919. The highest BCUT2D eigenvalue weighted by atomic mass is 32.2. The third-order valence-corrected chi connectivity index (χ3v) is 8.43. The van der Waals surface area contributed by atoms with Crippen LogP contribution in [0.15, 0.2) is 53.4 Å². The summed E-state index contributed by atoms with van der Waals surface area (Å²) in [7, 11) is -2.10. The Kier molecular flexibility index (Phi) is 7.67. The number of hydrogen-bond donors (Lipinski definition) is 1. The highest BCUT2D eigenvalue weighted by molar-refractivity contribution is 7.89. The van der Waals surface area contributed by atoms with E-state index in [1.165, 1.54) is 35.8 Å². The average molecular weight is 472 g/mol. The topological polar surface area (TPSA) is 79.0 Å². The van der Waals surface area contributed by atoms with E-state index < -0.39 is 10.0 Å². The second-order valence-electron chi connectivity index (χ2n) is 8.90. The molecule has 1 unspecified atom stereocenters. The van der Waals surface area contributed by atoms with E-state index in [1.54, 1.807) is 31.4 Å². The Morgan fingerprint density at radius 3 is 2.30 bits per heavy atom. The molecule has 7 nitrogen and oxygen atoms in total. The van der Waals surface area contributed by atoms with Crippen LogP contribution in [0.5, 0.6) is 5.75 Å². The van der Waals surface area contributed by atoms with Crippen LogP contribution in [-0.2, 0) is 27.9 Å². The van der Waals surface area contributed by atoms with Crippen molar-refractivity contribution in [3.05, 3.63) is 59.7 Å². The van der Waals surface area contributed by atoms with Crippen LogP contribution >= 0.6 is 0 Å². The number of piperidine rings is 1. The zero-order chi connectivity index (χ0) is 23.3. The fourth-order valence-corrected chi connectivity index (χ4v) is 6.09. The zero-order valence-electron chi connectivity index (χ0n) is 19.2. The van der Waals surface area contributed by atoms with E-state index in [2.05, 4.69) is 34.5 Å². The van der Waals surface area contributed by atoms with Gasteiger partial charge in [0.2, 0.25) is 15.9 Å². The Labute approximate surface area is 196 Å². The second kappa shape index (κ2) is 10.7. The lowest BCUT2D eigenvalue weighted by Crippen LogP contribution is -2.45. The first-order valence-corrected chi connectivity index (χ1v) is 13.1. The highest BCUT2D eigenvalue weighted by Gasteiger charge is 2.33. The van der Waals surface area contributed by atoms with Gasteiger partial charge in [-0.15, -0.1) is 0 Å². The standard InChI is InChI=1S/C25H33N3O4S/c1-32-23-10-12-24(13-11-23)33(30,31)28-16-4-5-22(19-28)25(29)26-17-20-6-8-21(9-7-20)18-27-14-2-3-15-27/h6-13,22H,2-5,14-19H2,1H3,(H,26,29). The number of carbonyl (C=O) groups is 1. The Balaban J connectivity index is 1.31. The largest absolute Gasteiger partial charge is 0.497 e. The van der Waals surface area contributed by atoms with Gasteiger partial charge < -0.3 is 10.1 Å². The van der Waals surface area contributed by atoms with Gasteiger partial charge in [0.05, 0.1) is 17.9 Å². The van der Waals surface area contributed by atoms with Gasteiger partial charge in [-0.2, -0.15) is 4.31 Å². The van der Waals surface area contributed by atoms with E-state index in [0.717, 1.165) is 12.1 Å². The number of sulfonamides is 1. The van der Waals surface area contributed by atoms with Gasteiger partial charge in [-0.25, -0.2) is 8.42 Å². The van der Waals surface area contributed by atoms with Crippen molar-refractivity contribution in [1.29, 1.82) is 0 Å². The lowest BCUT2D eigenvalue weighted by molar-refractivity contribution is -0.126. The van der Waals surface area contributed by atoms with Crippen LogP contribution < -0.4 is 10.1 Å². The monoisotopic (exact) mass is 471 g/mol. The smallest absolute Gasteiger partial charge is 0.243 e. The first kappa shape index (κ1) is 23.7. The molecule has 0 aromatic heterocycles. The van der Waals surface area contributed by atoms with E-state index in [-0.39, 0.29) is 23.3 Å². The maximum atomic E-state index is 13.0. The molecule has 2 aliphatic rings. The number of nitrogens with one attached hydrogen (secondary N) is 1. The molecule has 1 amide bonds. The molecule has 2 aromatic carbocycles. The van der Waals surface area contributed by atoms with Gasteiger partial charge in [-0.3, -0.25) is 9.69 Å². The molecule has 2 aromatic rings. The van der Waals surface area contributed by atoms with Gasteiger partial charge in [0, 0.05) is 26.2 Å². The van der Waals surface area contributed by atoms with Crippen molar-refractivity contribution in [3.63, 3.8) is 0 Å². The molecule has 2 aliphatic heterocycles. The molecule has 0 bridgehead atoms. The molecule has 0 saturated carbocycles. The molecule has 4 rings (SSSR count). The number of nitrogens with zero attached hydrogens (tertiary/aromatic N) is 2. The minimum atomic E-state index is -3.64. The van der Waals surface area contributed by atoms with Gasteiger partial charge in [-0.1, -0.05) is 24.3 Å². The molecule has 8 heteroatoms. The van der Waals surface area contributed by atoms with Crippen LogP contribution in [0.4, 0.5) is 0 Å². The van der Waals surface area contributed by atoms with Gasteiger partial charge in [0.15, 0.2) is 0 Å². The number of hydrogen-bond acceptors (Lipinski definition) is 5. The van der Waals surface area contributed by atoms with E-state index in [0.29, 0.717) is 31.7 Å². The molecule has 2 fully saturated rings. The van der Waals surface area contributed by atoms with Crippen molar-refractivity contribution in [3.8, 4) is 5.75 Å². The third-order valence-electron chi connectivity index (χ3n) is 6.55. The summed E-state index contributed by atoms with van der Waals surface area (Å²) in [6.45, 7) is 4.40.